The number of carbonyl (C=O) groups excluding carboxylic acids is 3. The lowest BCUT2D eigenvalue weighted by Crippen LogP contribution is -2.64. The number of aliphatic hydroxyl groups is 1. The molecule has 9 atom stereocenters. The highest BCUT2D eigenvalue weighted by molar-refractivity contribution is 6.04. The molecule has 200 valence electrons. The van der Waals surface area contributed by atoms with Crippen LogP contribution in [0.4, 0.5) is 13.2 Å². The smallest absolute Gasteiger partial charge is 0.306 e. The lowest BCUT2D eigenvalue weighted by Gasteiger charge is -2.60. The van der Waals surface area contributed by atoms with Crippen molar-refractivity contribution in [3.8, 4) is 0 Å². The van der Waals surface area contributed by atoms with Crippen LogP contribution in [0, 0.1) is 34.5 Å². The molecule has 1 N–H and O–H groups in total. The summed E-state index contributed by atoms with van der Waals surface area (Å²) < 4.78 is 50.4. The Bertz CT molecular complexity index is 1010. The summed E-state index contributed by atoms with van der Waals surface area (Å²) in [6, 6.07) is 0. The lowest BCUT2D eigenvalue weighted by molar-refractivity contribution is -0.206. The van der Waals surface area contributed by atoms with Gasteiger partial charge in [0.05, 0.1) is 6.10 Å². The molecule has 0 aromatic heterocycles. The number of rotatable bonds is 7. The van der Waals surface area contributed by atoms with E-state index in [2.05, 4.69) is 0 Å². The van der Waals surface area contributed by atoms with Gasteiger partial charge in [-0.1, -0.05) is 46.6 Å². The van der Waals surface area contributed by atoms with Gasteiger partial charge < -0.3 is 9.84 Å². The molecule has 0 radical (unpaired) electrons. The number of fused-ring (bicyclic) bond motifs is 5. The van der Waals surface area contributed by atoms with E-state index in [-0.39, 0.29) is 30.8 Å². The Morgan fingerprint density at radius 2 is 1.92 bits per heavy atom. The van der Waals surface area contributed by atoms with Crippen molar-refractivity contribution in [3.05, 3.63) is 23.6 Å². The van der Waals surface area contributed by atoms with Gasteiger partial charge in [-0.2, -0.15) is 0 Å². The zero-order chi connectivity index (χ0) is 26.6. The topological polar surface area (TPSA) is 80.7 Å². The molecule has 0 spiro atoms. The molecule has 5 nitrogen and oxygen atoms in total. The van der Waals surface area contributed by atoms with E-state index in [0.717, 1.165) is 18.9 Å². The van der Waals surface area contributed by atoms with Crippen molar-refractivity contribution in [3.63, 3.8) is 0 Å². The Morgan fingerprint density at radius 1 is 1.22 bits per heavy atom. The number of carbonyl (C=O) groups is 3. The van der Waals surface area contributed by atoms with E-state index in [1.54, 1.807) is 20.8 Å². The number of ether oxygens (including phenoxy) is 1. The lowest BCUT2D eigenvalue weighted by atomic mass is 9.45. The zero-order valence-electron chi connectivity index (χ0n) is 21.5. The Kier molecular flexibility index (Phi) is 7.08. The van der Waals surface area contributed by atoms with E-state index in [1.165, 1.54) is 6.08 Å². The SMILES string of the molecule is CCCCCC(=O)O[C@]1(C(=O)CF)C(C)C[C@H]2[C@@H]3CC(F)C4=C(F)C(=O)C=C[C@]4(C)[C@H]3C(O)C[C@@]21C. The van der Waals surface area contributed by atoms with Crippen LogP contribution in [0.5, 0.6) is 0 Å². The highest BCUT2D eigenvalue weighted by Crippen LogP contribution is 2.69. The molecule has 3 saturated carbocycles. The van der Waals surface area contributed by atoms with Crippen molar-refractivity contribution in [1.82, 2.24) is 0 Å². The largest absolute Gasteiger partial charge is 0.450 e. The number of ketones is 2. The number of alkyl halides is 2. The molecule has 8 heteroatoms. The van der Waals surface area contributed by atoms with Gasteiger partial charge in [0.1, 0.15) is 6.17 Å². The summed E-state index contributed by atoms with van der Waals surface area (Å²) in [5.74, 6) is -5.38. The Morgan fingerprint density at radius 3 is 2.56 bits per heavy atom. The van der Waals surface area contributed by atoms with E-state index >= 15 is 4.39 Å². The summed E-state index contributed by atoms with van der Waals surface area (Å²) in [5.41, 5.74) is -4.33. The molecular weight excluding hydrogens is 473 g/mol. The highest BCUT2D eigenvalue weighted by atomic mass is 19.1. The van der Waals surface area contributed by atoms with E-state index in [0.29, 0.717) is 12.8 Å². The average molecular weight is 511 g/mol. The first-order valence-electron chi connectivity index (χ1n) is 13.2. The van der Waals surface area contributed by atoms with Crippen molar-refractivity contribution in [2.75, 3.05) is 6.67 Å². The summed E-state index contributed by atoms with van der Waals surface area (Å²) in [7, 11) is 0. The summed E-state index contributed by atoms with van der Waals surface area (Å²) in [5, 5.41) is 11.5. The summed E-state index contributed by atoms with van der Waals surface area (Å²) >= 11 is 0. The molecule has 36 heavy (non-hydrogen) atoms. The molecule has 3 unspecified atom stereocenters. The van der Waals surface area contributed by atoms with Gasteiger partial charge in [-0.25, -0.2) is 13.2 Å². The number of Topliss-reactive ketones (excluding diaryl/α,β-unsaturated/α-hetero) is 1. The monoisotopic (exact) mass is 510 g/mol. The number of esters is 1. The molecule has 4 aliphatic rings. The minimum atomic E-state index is -1.77. The van der Waals surface area contributed by atoms with Crippen molar-refractivity contribution >= 4 is 17.5 Å². The van der Waals surface area contributed by atoms with E-state index in [4.69, 9.17) is 4.74 Å². The molecule has 0 aromatic carbocycles. The van der Waals surface area contributed by atoms with E-state index in [1.807, 2.05) is 6.92 Å². The van der Waals surface area contributed by atoms with Gasteiger partial charge in [0.15, 0.2) is 18.1 Å². The molecule has 0 aliphatic heterocycles. The van der Waals surface area contributed by atoms with Gasteiger partial charge in [-0.3, -0.25) is 14.4 Å². The van der Waals surface area contributed by atoms with Gasteiger partial charge >= 0.3 is 5.97 Å². The van der Waals surface area contributed by atoms with Crippen LogP contribution in [0.15, 0.2) is 23.6 Å². The fourth-order valence-electron chi connectivity index (χ4n) is 8.47. The van der Waals surface area contributed by atoms with Crippen molar-refractivity contribution in [2.45, 2.75) is 90.5 Å². The number of aliphatic hydroxyl groups excluding tert-OH is 1. The Labute approximate surface area is 210 Å². The number of hydrogen-bond donors (Lipinski definition) is 1. The van der Waals surface area contributed by atoms with Crippen molar-refractivity contribution in [2.24, 2.45) is 34.5 Å². The number of hydrogen-bond acceptors (Lipinski definition) is 5. The molecule has 0 bridgehead atoms. The van der Waals surface area contributed by atoms with Gasteiger partial charge in [0.25, 0.3) is 0 Å². The quantitative estimate of drug-likeness (QED) is 0.378. The molecule has 0 aromatic rings. The van der Waals surface area contributed by atoms with Crippen LogP contribution < -0.4 is 0 Å². The normalized spacial score (nSPS) is 43.6. The van der Waals surface area contributed by atoms with E-state index < -0.39 is 76.5 Å². The average Bonchev–Trinajstić information content (AvgIpc) is 3.03. The summed E-state index contributed by atoms with van der Waals surface area (Å²) in [6.45, 7) is 5.82. The van der Waals surface area contributed by atoms with Crippen LogP contribution in [-0.4, -0.2) is 47.2 Å². The summed E-state index contributed by atoms with van der Waals surface area (Å²) in [6.07, 6.45) is 2.42. The molecule has 4 rings (SSSR count). The fourth-order valence-corrected chi connectivity index (χ4v) is 8.47. The van der Waals surface area contributed by atoms with Crippen molar-refractivity contribution in [1.29, 1.82) is 0 Å². The first kappa shape index (κ1) is 27.1. The molecular formula is C28H37F3O5. The van der Waals surface area contributed by atoms with Crippen LogP contribution in [-0.2, 0) is 19.1 Å². The predicted molar refractivity (Wildman–Crippen MR) is 127 cm³/mol. The standard InChI is InChI=1S/C28H37F3O5/c1-5-6-7-8-22(35)36-28(21(34)14-29)15(2)11-17-16-12-18(30)24-25(31)19(32)9-10-26(24,3)23(16)20(33)13-27(17,28)4/h9-10,15-18,20,23,33H,5-8,11-14H2,1-4H3/t15?,16-,17-,18?,20?,23+,26+,27-,28-/m0/s1. The maximum Gasteiger partial charge on any atom is 0.306 e. The Balaban J connectivity index is 1.76. The minimum absolute atomic E-state index is 0.0143. The predicted octanol–water partition coefficient (Wildman–Crippen LogP) is 5.16. The maximum absolute atomic E-state index is 15.6. The fraction of sp³-hybridized carbons (Fsp3) is 0.750. The van der Waals surface area contributed by atoms with Crippen LogP contribution in [0.25, 0.3) is 0 Å². The summed E-state index contributed by atoms with van der Waals surface area (Å²) in [4.78, 5) is 38.1. The van der Waals surface area contributed by atoms with Crippen LogP contribution in [0.1, 0.15) is 72.6 Å². The number of halogens is 3. The zero-order valence-corrected chi connectivity index (χ0v) is 21.5. The number of unbranched alkanes of at least 4 members (excludes halogenated alkanes) is 2. The van der Waals surface area contributed by atoms with Crippen LogP contribution in [0.2, 0.25) is 0 Å². The third kappa shape index (κ3) is 3.64. The third-order valence-corrected chi connectivity index (χ3v) is 9.89. The Hall–Kier alpha value is -1.96. The third-order valence-electron chi connectivity index (χ3n) is 9.89. The van der Waals surface area contributed by atoms with Crippen molar-refractivity contribution < 1.29 is 37.4 Å². The van der Waals surface area contributed by atoms with Crippen LogP contribution in [0.3, 0.4) is 0 Å². The molecule has 0 amide bonds. The van der Waals surface area contributed by atoms with Gasteiger partial charge in [-0.05, 0) is 43.6 Å². The van der Waals surface area contributed by atoms with Gasteiger partial charge in [0.2, 0.25) is 11.6 Å². The number of allylic oxidation sites excluding steroid dienone is 4. The first-order valence-corrected chi connectivity index (χ1v) is 13.2. The first-order chi connectivity index (χ1) is 16.9. The minimum Gasteiger partial charge on any atom is -0.450 e. The molecule has 0 saturated heterocycles. The maximum atomic E-state index is 15.6. The molecule has 0 heterocycles. The van der Waals surface area contributed by atoms with Gasteiger partial charge in [0, 0.05) is 34.7 Å². The molecule has 3 fully saturated rings. The van der Waals surface area contributed by atoms with Gasteiger partial charge in [-0.15, -0.1) is 0 Å². The molecule has 4 aliphatic carbocycles. The van der Waals surface area contributed by atoms with Crippen LogP contribution >= 0.6 is 0 Å². The second-order valence-electron chi connectivity index (χ2n) is 11.8. The second-order valence-corrected chi connectivity index (χ2v) is 11.8. The second kappa shape index (κ2) is 9.41. The highest BCUT2D eigenvalue weighted by Gasteiger charge is 2.73. The van der Waals surface area contributed by atoms with E-state index in [9.17, 15) is 28.3 Å².